The van der Waals surface area contributed by atoms with E-state index in [1.165, 1.54) is 12.1 Å². The SMILES string of the molecule is CC(C)(C)N1O[C@@H]1c1ccc(F)cc1. The molecule has 1 saturated heterocycles. The van der Waals surface area contributed by atoms with Crippen LogP contribution in [-0.4, -0.2) is 10.6 Å². The molecule has 1 aromatic rings. The van der Waals surface area contributed by atoms with Crippen molar-refractivity contribution in [1.29, 1.82) is 0 Å². The molecule has 0 saturated carbocycles. The molecular weight excluding hydrogens is 181 g/mol. The van der Waals surface area contributed by atoms with Crippen LogP contribution in [0.3, 0.4) is 0 Å². The van der Waals surface area contributed by atoms with Crippen LogP contribution in [0.4, 0.5) is 4.39 Å². The summed E-state index contributed by atoms with van der Waals surface area (Å²) in [5, 5.41) is 1.90. The Labute approximate surface area is 83.2 Å². The summed E-state index contributed by atoms with van der Waals surface area (Å²) in [6.07, 6.45) is -0.00407. The molecule has 76 valence electrons. The van der Waals surface area contributed by atoms with Crippen molar-refractivity contribution in [2.75, 3.05) is 0 Å². The summed E-state index contributed by atoms with van der Waals surface area (Å²) in [4.78, 5) is 5.42. The fraction of sp³-hybridized carbons (Fsp3) is 0.455. The molecule has 0 N–H and O–H groups in total. The molecule has 0 radical (unpaired) electrons. The Bertz CT molecular complexity index is 328. The first-order valence-electron chi connectivity index (χ1n) is 4.70. The van der Waals surface area contributed by atoms with Gasteiger partial charge in [0.05, 0.1) is 0 Å². The Morgan fingerprint density at radius 1 is 1.21 bits per heavy atom. The van der Waals surface area contributed by atoms with Crippen LogP contribution < -0.4 is 0 Å². The van der Waals surface area contributed by atoms with E-state index in [-0.39, 0.29) is 17.6 Å². The molecule has 0 aliphatic carbocycles. The van der Waals surface area contributed by atoms with Crippen LogP contribution in [-0.2, 0) is 4.84 Å². The van der Waals surface area contributed by atoms with Gasteiger partial charge in [-0.15, -0.1) is 5.06 Å². The predicted octanol–water partition coefficient (Wildman–Crippen LogP) is 2.87. The molecule has 1 aromatic carbocycles. The molecule has 0 spiro atoms. The second-order valence-corrected chi connectivity index (χ2v) is 4.51. The van der Waals surface area contributed by atoms with E-state index in [0.29, 0.717) is 0 Å². The van der Waals surface area contributed by atoms with Crippen molar-refractivity contribution >= 4 is 0 Å². The van der Waals surface area contributed by atoms with E-state index in [2.05, 4.69) is 20.8 Å². The van der Waals surface area contributed by atoms with Crippen LogP contribution in [0.2, 0.25) is 0 Å². The number of hydroxylamine groups is 2. The highest BCUT2D eigenvalue weighted by Gasteiger charge is 2.45. The number of hydrogen-bond acceptors (Lipinski definition) is 2. The lowest BCUT2D eigenvalue weighted by Crippen LogP contribution is -2.25. The number of nitrogens with zero attached hydrogens (tertiary/aromatic N) is 1. The smallest absolute Gasteiger partial charge is 0.180 e. The monoisotopic (exact) mass is 195 g/mol. The number of halogens is 1. The third-order valence-corrected chi connectivity index (χ3v) is 2.20. The third-order valence-electron chi connectivity index (χ3n) is 2.20. The van der Waals surface area contributed by atoms with E-state index >= 15 is 0 Å². The average Bonchev–Trinajstić information content (AvgIpc) is 2.83. The van der Waals surface area contributed by atoms with Gasteiger partial charge in [-0.2, -0.15) is 0 Å². The second-order valence-electron chi connectivity index (χ2n) is 4.51. The van der Waals surface area contributed by atoms with Crippen molar-refractivity contribution < 1.29 is 9.23 Å². The van der Waals surface area contributed by atoms with Gasteiger partial charge in [-0.1, -0.05) is 12.1 Å². The maximum absolute atomic E-state index is 12.6. The predicted molar refractivity (Wildman–Crippen MR) is 51.8 cm³/mol. The minimum atomic E-state index is -0.211. The van der Waals surface area contributed by atoms with E-state index in [4.69, 9.17) is 4.84 Å². The first-order valence-corrected chi connectivity index (χ1v) is 4.70. The molecule has 0 bridgehead atoms. The zero-order chi connectivity index (χ0) is 10.3. The molecule has 2 nitrogen and oxygen atoms in total. The topological polar surface area (TPSA) is 15.5 Å². The summed E-state index contributed by atoms with van der Waals surface area (Å²) in [6.45, 7) is 6.24. The molecule has 14 heavy (non-hydrogen) atoms. The van der Waals surface area contributed by atoms with E-state index in [1.54, 1.807) is 12.1 Å². The molecule has 2 rings (SSSR count). The van der Waals surface area contributed by atoms with Crippen molar-refractivity contribution in [2.45, 2.75) is 32.5 Å². The number of benzene rings is 1. The van der Waals surface area contributed by atoms with Gasteiger partial charge in [0.1, 0.15) is 5.82 Å². The van der Waals surface area contributed by atoms with Crippen molar-refractivity contribution in [2.24, 2.45) is 0 Å². The Morgan fingerprint density at radius 3 is 2.21 bits per heavy atom. The quantitative estimate of drug-likeness (QED) is 0.640. The van der Waals surface area contributed by atoms with Gasteiger partial charge in [0.2, 0.25) is 0 Å². The zero-order valence-corrected chi connectivity index (χ0v) is 8.62. The summed E-state index contributed by atoms with van der Waals surface area (Å²) in [5.74, 6) is -0.211. The fourth-order valence-corrected chi connectivity index (χ4v) is 1.41. The number of hydrogen-bond donors (Lipinski definition) is 0. The molecule has 2 atom stereocenters. The Kier molecular flexibility index (Phi) is 2.09. The van der Waals surface area contributed by atoms with Gasteiger partial charge in [-0.25, -0.2) is 4.39 Å². The van der Waals surface area contributed by atoms with Crippen molar-refractivity contribution in [3.8, 4) is 0 Å². The molecule has 0 aromatic heterocycles. The minimum absolute atomic E-state index is 0.000940. The van der Waals surface area contributed by atoms with Crippen LogP contribution >= 0.6 is 0 Å². The van der Waals surface area contributed by atoms with Crippen molar-refractivity contribution in [3.05, 3.63) is 35.6 Å². The van der Waals surface area contributed by atoms with E-state index in [9.17, 15) is 4.39 Å². The van der Waals surface area contributed by atoms with Crippen LogP contribution in [0.1, 0.15) is 32.6 Å². The Hall–Kier alpha value is -0.930. The molecular formula is C11H14FNO. The first kappa shape index (κ1) is 9.62. The van der Waals surface area contributed by atoms with Gasteiger partial charge < -0.3 is 0 Å². The lowest BCUT2D eigenvalue weighted by molar-refractivity contribution is 0.101. The normalized spacial score (nSPS) is 26.3. The minimum Gasteiger partial charge on any atom is -0.269 e. The van der Waals surface area contributed by atoms with E-state index in [0.717, 1.165) is 5.56 Å². The van der Waals surface area contributed by atoms with Gasteiger partial charge in [0.15, 0.2) is 6.23 Å². The Balaban J connectivity index is 2.10. The molecule has 0 amide bonds. The Morgan fingerprint density at radius 2 is 1.79 bits per heavy atom. The highest BCUT2D eigenvalue weighted by Crippen LogP contribution is 2.42. The number of rotatable bonds is 1. The lowest BCUT2D eigenvalue weighted by atomic mass is 10.1. The van der Waals surface area contributed by atoms with E-state index in [1.807, 2.05) is 5.06 Å². The molecule has 1 heterocycles. The van der Waals surface area contributed by atoms with Gasteiger partial charge in [-0.3, -0.25) is 4.84 Å². The van der Waals surface area contributed by atoms with Crippen molar-refractivity contribution in [1.82, 2.24) is 5.06 Å². The molecule has 1 aliphatic rings. The summed E-state index contributed by atoms with van der Waals surface area (Å²) in [6, 6.07) is 6.42. The zero-order valence-electron chi connectivity index (χ0n) is 8.62. The highest BCUT2D eigenvalue weighted by atomic mass is 19.1. The van der Waals surface area contributed by atoms with Gasteiger partial charge in [-0.05, 0) is 38.5 Å². The lowest BCUT2D eigenvalue weighted by Gasteiger charge is -2.16. The summed E-state index contributed by atoms with van der Waals surface area (Å²) >= 11 is 0. The maximum Gasteiger partial charge on any atom is 0.180 e. The molecule has 1 unspecified atom stereocenters. The average molecular weight is 195 g/mol. The summed E-state index contributed by atoms with van der Waals surface area (Å²) in [5.41, 5.74) is 1.00. The third kappa shape index (κ3) is 1.79. The van der Waals surface area contributed by atoms with E-state index < -0.39 is 0 Å². The van der Waals surface area contributed by atoms with Crippen LogP contribution in [0.25, 0.3) is 0 Å². The van der Waals surface area contributed by atoms with Crippen LogP contribution in [0, 0.1) is 5.82 Å². The largest absolute Gasteiger partial charge is 0.269 e. The summed E-state index contributed by atoms with van der Waals surface area (Å²) < 4.78 is 12.6. The summed E-state index contributed by atoms with van der Waals surface area (Å²) in [7, 11) is 0. The maximum atomic E-state index is 12.6. The molecule has 1 aliphatic heterocycles. The molecule has 3 heteroatoms. The standard InChI is InChI=1S/C11H14FNO/c1-11(2,3)13-10(14-13)8-4-6-9(12)7-5-8/h4-7,10H,1-3H3/t10-,13?/m1/s1. The molecule has 1 fully saturated rings. The van der Waals surface area contributed by atoms with Crippen molar-refractivity contribution in [3.63, 3.8) is 0 Å². The first-order chi connectivity index (χ1) is 6.48. The van der Waals surface area contributed by atoms with Crippen LogP contribution in [0.5, 0.6) is 0 Å². The highest BCUT2D eigenvalue weighted by molar-refractivity contribution is 5.20. The second kappa shape index (κ2) is 3.04. The van der Waals surface area contributed by atoms with Gasteiger partial charge in [0.25, 0.3) is 0 Å². The van der Waals surface area contributed by atoms with Gasteiger partial charge in [0, 0.05) is 5.54 Å². The van der Waals surface area contributed by atoms with Crippen LogP contribution in [0.15, 0.2) is 24.3 Å². The fourth-order valence-electron chi connectivity index (χ4n) is 1.41. The van der Waals surface area contributed by atoms with Gasteiger partial charge >= 0.3 is 0 Å².